The van der Waals surface area contributed by atoms with Crippen LogP contribution in [0.4, 0.5) is 0 Å². The molecule has 0 fully saturated rings. The average Bonchev–Trinajstić information content (AvgIpc) is 2.46. The number of benzene rings is 1. The van der Waals surface area contributed by atoms with Crippen molar-refractivity contribution in [2.24, 2.45) is 0 Å². The summed E-state index contributed by atoms with van der Waals surface area (Å²) in [6.45, 7) is 4.74. The molecule has 0 atom stereocenters. The topological polar surface area (TPSA) is 13.1 Å². The first-order chi connectivity index (χ1) is 5.77. The molecular weight excluding hydrogens is 147 g/mol. The maximum absolute atomic E-state index is 5.63. The highest BCUT2D eigenvalue weighted by Gasteiger charge is 2.08. The fourth-order valence-electron chi connectivity index (χ4n) is 1.29. The Kier molecular flexibility index (Phi) is 1.68. The summed E-state index contributed by atoms with van der Waals surface area (Å²) in [7, 11) is 0. The van der Waals surface area contributed by atoms with E-state index < -0.39 is 0 Å². The van der Waals surface area contributed by atoms with Gasteiger partial charge in [0.1, 0.15) is 5.58 Å². The highest BCUT2D eigenvalue weighted by atomic mass is 16.3. The molecule has 0 N–H and O–H groups in total. The van der Waals surface area contributed by atoms with Crippen LogP contribution >= 0.6 is 0 Å². The maximum atomic E-state index is 5.63. The predicted octanol–water partition coefficient (Wildman–Crippen LogP) is 2.39. The minimum atomic E-state index is 0.470. The van der Waals surface area contributed by atoms with E-state index in [-0.39, 0.29) is 0 Å². The van der Waals surface area contributed by atoms with Crippen LogP contribution in [0, 0.1) is 0 Å². The van der Waals surface area contributed by atoms with Gasteiger partial charge in [0, 0.05) is 5.39 Å². The summed E-state index contributed by atoms with van der Waals surface area (Å²) in [5.41, 5.74) is 2.05. The summed E-state index contributed by atoms with van der Waals surface area (Å²) in [5.74, 6) is 0. The van der Waals surface area contributed by atoms with Crippen LogP contribution in [0.1, 0.15) is 0 Å². The van der Waals surface area contributed by atoms with Crippen molar-refractivity contribution in [3.05, 3.63) is 30.3 Å². The zero-order chi connectivity index (χ0) is 8.55. The zero-order valence-corrected chi connectivity index (χ0v) is 7.37. The van der Waals surface area contributed by atoms with Crippen LogP contribution in [0.3, 0.4) is 0 Å². The van der Waals surface area contributed by atoms with Gasteiger partial charge in [0.15, 0.2) is 0 Å². The Morgan fingerprint density at radius 1 is 1.17 bits per heavy atom. The van der Waals surface area contributed by atoms with Gasteiger partial charge in [-0.15, -0.1) is 0 Å². The van der Waals surface area contributed by atoms with E-state index >= 15 is 0 Å². The van der Waals surface area contributed by atoms with Crippen molar-refractivity contribution in [2.45, 2.75) is 13.6 Å². The molecule has 2 aromatic rings. The van der Waals surface area contributed by atoms with Crippen LogP contribution in [-0.4, -0.2) is 6.71 Å². The maximum Gasteiger partial charge on any atom is 0.216 e. The highest BCUT2D eigenvalue weighted by molar-refractivity contribution is 6.69. The first-order valence-electron chi connectivity index (χ1n) is 4.26. The lowest BCUT2D eigenvalue weighted by Crippen LogP contribution is -2.19. The van der Waals surface area contributed by atoms with Gasteiger partial charge in [0.05, 0.1) is 5.66 Å². The highest BCUT2D eigenvalue weighted by Crippen LogP contribution is 2.12. The Labute approximate surface area is 72.5 Å². The van der Waals surface area contributed by atoms with Crippen molar-refractivity contribution >= 4 is 23.3 Å². The summed E-state index contributed by atoms with van der Waals surface area (Å²) in [4.78, 5) is 0. The third-order valence-electron chi connectivity index (χ3n) is 2.01. The van der Waals surface area contributed by atoms with E-state index in [9.17, 15) is 0 Å². The quantitative estimate of drug-likeness (QED) is 0.580. The fourth-order valence-corrected chi connectivity index (χ4v) is 1.29. The van der Waals surface area contributed by atoms with E-state index in [1.165, 1.54) is 5.39 Å². The molecule has 0 saturated carbocycles. The molecule has 0 aliphatic rings. The van der Waals surface area contributed by atoms with Crippen molar-refractivity contribution < 1.29 is 4.42 Å². The Bertz CT molecular complexity index is 356. The number of fused-ring (bicyclic) bond motifs is 1. The molecule has 1 aromatic carbocycles. The summed E-state index contributed by atoms with van der Waals surface area (Å²) >= 11 is 0. The van der Waals surface area contributed by atoms with Crippen LogP contribution in [0.2, 0.25) is 13.6 Å². The van der Waals surface area contributed by atoms with Gasteiger partial charge in [-0.1, -0.05) is 31.8 Å². The third kappa shape index (κ3) is 1.13. The average molecular weight is 158 g/mol. The molecule has 12 heavy (non-hydrogen) atoms. The molecule has 0 spiro atoms. The van der Waals surface area contributed by atoms with Gasteiger partial charge in [0.25, 0.3) is 0 Å². The Morgan fingerprint density at radius 2 is 1.92 bits per heavy atom. The number of para-hydroxylation sites is 1. The first kappa shape index (κ1) is 7.47. The van der Waals surface area contributed by atoms with Crippen molar-refractivity contribution in [3.8, 4) is 0 Å². The molecule has 1 heterocycles. The Hall–Kier alpha value is -1.18. The van der Waals surface area contributed by atoms with Crippen LogP contribution in [0.5, 0.6) is 0 Å². The molecule has 2 rings (SSSR count). The van der Waals surface area contributed by atoms with Crippen LogP contribution < -0.4 is 5.66 Å². The van der Waals surface area contributed by atoms with Gasteiger partial charge in [-0.25, -0.2) is 0 Å². The second-order valence-corrected chi connectivity index (χ2v) is 3.34. The van der Waals surface area contributed by atoms with Gasteiger partial charge in [0.2, 0.25) is 6.71 Å². The second kappa shape index (κ2) is 2.70. The van der Waals surface area contributed by atoms with E-state index in [0.29, 0.717) is 6.71 Å². The molecule has 1 nitrogen and oxygen atoms in total. The molecule has 1 aromatic heterocycles. The van der Waals surface area contributed by atoms with Crippen molar-refractivity contribution in [3.63, 3.8) is 0 Å². The molecule has 60 valence electrons. The molecule has 0 amide bonds. The molecule has 0 unspecified atom stereocenters. The van der Waals surface area contributed by atoms with Crippen LogP contribution in [0.15, 0.2) is 34.7 Å². The van der Waals surface area contributed by atoms with Gasteiger partial charge in [-0.2, -0.15) is 0 Å². The fraction of sp³-hybridized carbons (Fsp3) is 0.200. The Balaban J connectivity index is 2.62. The summed E-state index contributed by atoms with van der Waals surface area (Å²) in [6, 6.07) is 10.2. The molecule has 0 aliphatic heterocycles. The van der Waals surface area contributed by atoms with E-state index in [1.807, 2.05) is 18.2 Å². The van der Waals surface area contributed by atoms with Crippen LogP contribution in [-0.2, 0) is 0 Å². The number of rotatable bonds is 1. The van der Waals surface area contributed by atoms with E-state index in [2.05, 4.69) is 25.8 Å². The lowest BCUT2D eigenvalue weighted by atomic mass is 9.53. The normalized spacial score (nSPS) is 10.5. The Morgan fingerprint density at radius 3 is 2.58 bits per heavy atom. The largest absolute Gasteiger partial charge is 0.471 e. The van der Waals surface area contributed by atoms with E-state index in [4.69, 9.17) is 4.42 Å². The molecule has 0 saturated heterocycles. The second-order valence-electron chi connectivity index (χ2n) is 3.34. The third-order valence-corrected chi connectivity index (χ3v) is 2.01. The summed E-state index contributed by atoms with van der Waals surface area (Å²) < 4.78 is 5.63. The summed E-state index contributed by atoms with van der Waals surface area (Å²) in [6.07, 6.45) is 0. The lowest BCUT2D eigenvalue weighted by molar-refractivity contribution is 0.650. The van der Waals surface area contributed by atoms with Gasteiger partial charge >= 0.3 is 0 Å². The number of furan rings is 1. The van der Waals surface area contributed by atoms with Gasteiger partial charge in [-0.3, -0.25) is 0 Å². The predicted molar refractivity (Wildman–Crippen MR) is 53.3 cm³/mol. The molecule has 0 aliphatic carbocycles. The van der Waals surface area contributed by atoms with Crippen molar-refractivity contribution in [2.75, 3.05) is 0 Å². The summed E-state index contributed by atoms with van der Waals surface area (Å²) in [5, 5.41) is 1.20. The van der Waals surface area contributed by atoms with E-state index in [1.54, 1.807) is 0 Å². The van der Waals surface area contributed by atoms with E-state index in [0.717, 1.165) is 11.2 Å². The first-order valence-corrected chi connectivity index (χ1v) is 4.26. The van der Waals surface area contributed by atoms with Gasteiger partial charge < -0.3 is 4.42 Å². The zero-order valence-electron chi connectivity index (χ0n) is 7.37. The van der Waals surface area contributed by atoms with Crippen LogP contribution in [0.25, 0.3) is 11.0 Å². The van der Waals surface area contributed by atoms with Crippen molar-refractivity contribution in [1.29, 1.82) is 0 Å². The monoisotopic (exact) mass is 158 g/mol. The molecular formula is C10H11BO. The molecule has 0 bridgehead atoms. The standard InChI is InChI=1S/C10H11BO/c1-11(2)10-7-8-5-3-4-6-9(8)12-10/h3-7H,1-2H3. The SMILES string of the molecule is CB(C)c1cc2ccccc2o1. The number of hydrogen-bond acceptors (Lipinski definition) is 1. The van der Waals surface area contributed by atoms with Crippen molar-refractivity contribution in [1.82, 2.24) is 0 Å². The minimum absolute atomic E-state index is 0.470. The van der Waals surface area contributed by atoms with Gasteiger partial charge in [-0.05, 0) is 12.1 Å². The minimum Gasteiger partial charge on any atom is -0.471 e. The molecule has 0 radical (unpaired) electrons. The number of hydrogen-bond donors (Lipinski definition) is 0. The molecule has 2 heteroatoms. The smallest absolute Gasteiger partial charge is 0.216 e. The lowest BCUT2D eigenvalue weighted by Gasteiger charge is -1.91.